The Morgan fingerprint density at radius 3 is 2.05 bits per heavy atom. The molecule has 1 heterocycles. The fourth-order valence-electron chi connectivity index (χ4n) is 4.14. The number of nitro groups is 1. The largest absolute Gasteiger partial charge is 0.467 e. The van der Waals surface area contributed by atoms with Gasteiger partial charge in [0, 0.05) is 33.3 Å². The first-order chi connectivity index (χ1) is 20.3. The molecule has 1 aromatic rings. The van der Waals surface area contributed by atoms with Crippen LogP contribution in [-0.4, -0.2) is 74.9 Å². The van der Waals surface area contributed by atoms with E-state index in [4.69, 9.17) is 39.3 Å². The summed E-state index contributed by atoms with van der Waals surface area (Å²) in [4.78, 5) is 60.2. The molecule has 1 aliphatic heterocycles. The van der Waals surface area contributed by atoms with Crippen LogP contribution in [0.5, 0.6) is 5.75 Å². The van der Waals surface area contributed by atoms with Gasteiger partial charge in [-0.3, -0.25) is 24.5 Å². The maximum Gasteiger partial charge on any atom is 0.339 e. The van der Waals surface area contributed by atoms with E-state index >= 15 is 0 Å². The van der Waals surface area contributed by atoms with E-state index in [1.165, 1.54) is 18.2 Å². The van der Waals surface area contributed by atoms with E-state index in [0.29, 0.717) is 5.56 Å². The zero-order valence-electron chi connectivity index (χ0n) is 26.2. The summed E-state index contributed by atoms with van der Waals surface area (Å²) in [5, 5.41) is 12.1. The van der Waals surface area contributed by atoms with Crippen LogP contribution in [0.15, 0.2) is 18.2 Å². The Bertz CT molecular complexity index is 1300. The molecule has 0 N–H and O–H groups in total. The zero-order valence-corrected chi connectivity index (χ0v) is 27.2. The van der Waals surface area contributed by atoms with E-state index in [1.54, 1.807) is 0 Å². The highest BCUT2D eigenvalue weighted by Crippen LogP contribution is 2.42. The van der Waals surface area contributed by atoms with Gasteiger partial charge in [0.1, 0.15) is 0 Å². The molecule has 1 aliphatic rings. The van der Waals surface area contributed by atoms with E-state index in [-0.39, 0.29) is 17.2 Å². The molecule has 1 aromatic carbocycles. The summed E-state index contributed by atoms with van der Waals surface area (Å²) in [6.07, 6.45) is -3.30. The van der Waals surface area contributed by atoms with Crippen molar-refractivity contribution in [3.05, 3.63) is 33.9 Å². The number of carbonyl (C=O) groups excluding carboxylic acids is 4. The normalized spacial score (nSPS) is 22.5. The van der Waals surface area contributed by atoms with Gasteiger partial charge in [0.05, 0.1) is 18.1 Å². The third-order valence-electron chi connectivity index (χ3n) is 7.18. The van der Waals surface area contributed by atoms with Crippen LogP contribution in [0, 0.1) is 22.5 Å². The lowest BCUT2D eigenvalue weighted by Crippen LogP contribution is -2.64. The predicted octanol–water partition coefficient (Wildman–Crippen LogP) is 3.75. The van der Waals surface area contributed by atoms with Crippen LogP contribution < -0.4 is 4.74 Å². The van der Waals surface area contributed by atoms with E-state index in [1.807, 2.05) is 33.9 Å². The van der Waals surface area contributed by atoms with Gasteiger partial charge in [-0.25, -0.2) is 4.79 Å². The molecule has 0 saturated carbocycles. The van der Waals surface area contributed by atoms with Crippen molar-refractivity contribution in [3.8, 4) is 18.1 Å². The van der Waals surface area contributed by atoms with Crippen molar-refractivity contribution < 1.29 is 56.9 Å². The molecular weight excluding hydrogens is 598 g/mol. The monoisotopic (exact) mass is 637 g/mol. The topological polar surface area (TPSA) is 176 Å². The number of rotatable bonds is 11. The smallest absolute Gasteiger partial charge is 0.339 e. The standard InChI is InChI=1S/C29H39NO13Si/c1-11-12-21(43-44(9,10)29(5,6)7)19-13-14-22(20(15-19)30(35)36)41-28-26(40-18(4)33)24(39-17(3)32)23(38-16(2)31)25(42-28)27(34)37-8/h1,13-15,21,23-26,28H,12H2,2-10H3/t21?,23-,24-,25-,26+,28+/m0/s1. The maximum absolute atomic E-state index is 12.7. The summed E-state index contributed by atoms with van der Waals surface area (Å²) >= 11 is 0. The summed E-state index contributed by atoms with van der Waals surface area (Å²) in [6, 6.07) is 4.06. The number of benzene rings is 1. The molecule has 1 saturated heterocycles. The van der Waals surface area contributed by atoms with Gasteiger partial charge in [-0.2, -0.15) is 0 Å². The summed E-state index contributed by atoms with van der Waals surface area (Å²) in [5.41, 5.74) is -0.0950. The van der Waals surface area contributed by atoms with Crippen LogP contribution in [0.2, 0.25) is 18.1 Å². The van der Waals surface area contributed by atoms with E-state index in [0.717, 1.165) is 27.9 Å². The van der Waals surface area contributed by atoms with E-state index in [2.05, 4.69) is 5.92 Å². The third kappa shape index (κ3) is 9.01. The Labute approximate surface area is 256 Å². The van der Waals surface area contributed by atoms with Crippen LogP contribution in [0.25, 0.3) is 0 Å². The van der Waals surface area contributed by atoms with Crippen LogP contribution >= 0.6 is 0 Å². The first kappa shape index (κ1) is 36.2. The number of terminal acetylenes is 1. The maximum atomic E-state index is 12.7. The summed E-state index contributed by atoms with van der Waals surface area (Å²) < 4.78 is 38.7. The van der Waals surface area contributed by atoms with Gasteiger partial charge in [0.25, 0.3) is 0 Å². The Hall–Kier alpha value is -4.00. The Balaban J connectivity index is 2.63. The molecule has 0 amide bonds. The van der Waals surface area contributed by atoms with Gasteiger partial charge >= 0.3 is 29.6 Å². The van der Waals surface area contributed by atoms with Gasteiger partial charge in [-0.1, -0.05) is 26.8 Å². The second kappa shape index (κ2) is 14.6. The Morgan fingerprint density at radius 1 is 1.02 bits per heavy atom. The third-order valence-corrected chi connectivity index (χ3v) is 11.7. The number of nitro benzene ring substituents is 1. The fraction of sp³-hybridized carbons (Fsp3) is 0.586. The lowest BCUT2D eigenvalue weighted by atomic mass is 9.97. The summed E-state index contributed by atoms with van der Waals surface area (Å²) in [5.74, 6) is -1.48. The molecule has 0 radical (unpaired) electrons. The lowest BCUT2D eigenvalue weighted by Gasteiger charge is -2.43. The lowest BCUT2D eigenvalue weighted by molar-refractivity contribution is -0.387. The van der Waals surface area contributed by atoms with Crippen molar-refractivity contribution in [1.29, 1.82) is 0 Å². The molecule has 6 atom stereocenters. The molecule has 14 nitrogen and oxygen atoms in total. The van der Waals surface area contributed by atoms with Crippen LogP contribution in [0.1, 0.15) is 59.6 Å². The van der Waals surface area contributed by atoms with Gasteiger partial charge in [0.2, 0.25) is 12.4 Å². The van der Waals surface area contributed by atoms with Crippen molar-refractivity contribution in [2.24, 2.45) is 0 Å². The number of methoxy groups -OCH3 is 1. The van der Waals surface area contributed by atoms with E-state index < -0.39 is 79.6 Å². The van der Waals surface area contributed by atoms with Gasteiger partial charge in [-0.05, 0) is 29.8 Å². The minimum absolute atomic E-state index is 0.145. The van der Waals surface area contributed by atoms with Gasteiger partial charge in [-0.15, -0.1) is 12.3 Å². The minimum Gasteiger partial charge on any atom is -0.467 e. The highest BCUT2D eigenvalue weighted by Gasteiger charge is 2.56. The molecule has 0 aromatic heterocycles. The van der Waals surface area contributed by atoms with E-state index in [9.17, 15) is 29.3 Å². The van der Waals surface area contributed by atoms with Crippen molar-refractivity contribution >= 4 is 37.9 Å². The molecule has 44 heavy (non-hydrogen) atoms. The van der Waals surface area contributed by atoms with Crippen LogP contribution in [0.4, 0.5) is 5.69 Å². The van der Waals surface area contributed by atoms with Crippen molar-refractivity contribution in [2.45, 2.75) is 103 Å². The molecule has 242 valence electrons. The second-order valence-corrected chi connectivity index (χ2v) is 16.3. The quantitative estimate of drug-likeness (QED) is 0.0857. The van der Waals surface area contributed by atoms with Crippen LogP contribution in [0.3, 0.4) is 0 Å². The molecular formula is C29H39NO13Si. The first-order valence-corrected chi connectivity index (χ1v) is 16.5. The number of esters is 4. The zero-order chi connectivity index (χ0) is 33.6. The van der Waals surface area contributed by atoms with Crippen molar-refractivity contribution in [1.82, 2.24) is 0 Å². The number of ether oxygens (including phenoxy) is 6. The molecule has 15 heteroatoms. The molecule has 0 spiro atoms. The average molecular weight is 638 g/mol. The Morgan fingerprint density at radius 2 is 1.57 bits per heavy atom. The Kier molecular flexibility index (Phi) is 12.0. The molecule has 0 aliphatic carbocycles. The van der Waals surface area contributed by atoms with Gasteiger partial charge < -0.3 is 32.8 Å². The van der Waals surface area contributed by atoms with Crippen molar-refractivity contribution in [2.75, 3.05) is 7.11 Å². The summed E-state index contributed by atoms with van der Waals surface area (Å²) in [6.45, 7) is 13.3. The number of nitrogens with zero attached hydrogens (tertiary/aromatic N) is 1. The highest BCUT2D eigenvalue weighted by molar-refractivity contribution is 6.74. The number of hydrogen-bond donors (Lipinski definition) is 0. The van der Waals surface area contributed by atoms with Gasteiger partial charge in [0.15, 0.2) is 32.4 Å². The number of carbonyl (C=O) groups is 4. The molecule has 0 bridgehead atoms. The second-order valence-electron chi connectivity index (χ2n) is 11.5. The average Bonchev–Trinajstić information content (AvgIpc) is 2.89. The number of hydrogen-bond acceptors (Lipinski definition) is 13. The molecule has 2 rings (SSSR count). The van der Waals surface area contributed by atoms with Crippen LogP contribution in [-0.2, 0) is 47.3 Å². The minimum atomic E-state index is -2.35. The molecule has 1 fully saturated rings. The van der Waals surface area contributed by atoms with Crippen molar-refractivity contribution in [3.63, 3.8) is 0 Å². The highest BCUT2D eigenvalue weighted by atomic mass is 28.4. The molecule has 1 unspecified atom stereocenters. The first-order valence-electron chi connectivity index (χ1n) is 13.6. The predicted molar refractivity (Wildman–Crippen MR) is 156 cm³/mol. The summed E-state index contributed by atoms with van der Waals surface area (Å²) in [7, 11) is -1.32. The SMILES string of the molecule is C#CCC(O[Si](C)(C)C(C)(C)C)c1ccc(O[C@@H]2O[C@H](C(=O)OC)[C@@H](OC(C)=O)[C@H](OC(C)=O)[C@H]2OC(C)=O)c([N+](=O)[O-])c1. The fourth-order valence-corrected chi connectivity index (χ4v) is 5.43.